The summed E-state index contributed by atoms with van der Waals surface area (Å²) in [5.74, 6) is 0. The Morgan fingerprint density at radius 3 is 2.82 bits per heavy atom. The van der Waals surface area contributed by atoms with Crippen molar-refractivity contribution in [2.24, 2.45) is 0 Å². The molecule has 0 N–H and O–H groups in total. The maximum atomic E-state index is 4.32. The van der Waals surface area contributed by atoms with Crippen LogP contribution in [0.4, 0.5) is 0 Å². The van der Waals surface area contributed by atoms with Gasteiger partial charge in [0, 0.05) is 0 Å². The zero-order valence-corrected chi connectivity index (χ0v) is 11.6. The van der Waals surface area contributed by atoms with Gasteiger partial charge in [0.05, 0.1) is 9.46 Å². The Morgan fingerprint density at radius 1 is 1.29 bits per heavy atom. The smallest absolute Gasteiger partial charge is 0.137 e. The van der Waals surface area contributed by atoms with Crippen molar-refractivity contribution >= 4 is 22.6 Å². The number of aromatic nitrogens is 3. The standard InChI is InChI=1S/C13H14IN3/c14-13(11-5-2-1-3-6-11)8-4-7-12(13)17-10-15-9-16-17/h1-3,5-6,9-10,12H,4,7-8H2. The summed E-state index contributed by atoms with van der Waals surface area (Å²) in [5, 5.41) is 4.32. The normalized spacial score (nSPS) is 28.4. The summed E-state index contributed by atoms with van der Waals surface area (Å²) < 4.78 is 2.18. The van der Waals surface area contributed by atoms with Crippen LogP contribution in [0.3, 0.4) is 0 Å². The predicted octanol–water partition coefficient (Wildman–Crippen LogP) is 3.33. The van der Waals surface area contributed by atoms with Crippen LogP contribution in [0.5, 0.6) is 0 Å². The van der Waals surface area contributed by atoms with Gasteiger partial charge in [0.1, 0.15) is 12.7 Å². The molecule has 1 heterocycles. The molecule has 2 aromatic rings. The molecule has 4 heteroatoms. The third kappa shape index (κ3) is 1.88. The minimum absolute atomic E-state index is 0.159. The highest BCUT2D eigenvalue weighted by atomic mass is 127. The molecule has 0 spiro atoms. The number of alkyl halides is 1. The van der Waals surface area contributed by atoms with E-state index in [1.54, 1.807) is 6.33 Å². The highest BCUT2D eigenvalue weighted by Crippen LogP contribution is 2.53. The van der Waals surface area contributed by atoms with Gasteiger partial charge in [-0.1, -0.05) is 52.9 Å². The van der Waals surface area contributed by atoms with Crippen LogP contribution in [0.1, 0.15) is 30.9 Å². The van der Waals surface area contributed by atoms with E-state index in [1.165, 1.54) is 24.8 Å². The number of hydrogen-bond acceptors (Lipinski definition) is 2. The van der Waals surface area contributed by atoms with Crippen molar-refractivity contribution < 1.29 is 0 Å². The number of halogens is 1. The molecule has 2 atom stereocenters. The van der Waals surface area contributed by atoms with E-state index in [-0.39, 0.29) is 3.42 Å². The SMILES string of the molecule is IC1(c2ccccc2)CCCC1n1cncn1. The van der Waals surface area contributed by atoms with Crippen molar-refractivity contribution in [2.45, 2.75) is 28.7 Å². The lowest BCUT2D eigenvalue weighted by Gasteiger charge is -2.30. The fraction of sp³-hybridized carbons (Fsp3) is 0.385. The fourth-order valence-corrected chi connectivity index (χ4v) is 4.06. The van der Waals surface area contributed by atoms with E-state index >= 15 is 0 Å². The van der Waals surface area contributed by atoms with E-state index in [9.17, 15) is 0 Å². The minimum Gasteiger partial charge on any atom is -0.248 e. The van der Waals surface area contributed by atoms with E-state index < -0.39 is 0 Å². The highest BCUT2D eigenvalue weighted by Gasteiger charge is 2.43. The molecule has 3 nitrogen and oxygen atoms in total. The summed E-state index contributed by atoms with van der Waals surface area (Å²) in [7, 11) is 0. The molecule has 1 aliphatic rings. The Kier molecular flexibility index (Phi) is 2.90. The van der Waals surface area contributed by atoms with Crippen LogP contribution < -0.4 is 0 Å². The molecule has 88 valence electrons. The lowest BCUT2D eigenvalue weighted by molar-refractivity contribution is 0.407. The van der Waals surface area contributed by atoms with Crippen molar-refractivity contribution in [3.05, 3.63) is 48.5 Å². The van der Waals surface area contributed by atoms with E-state index in [1.807, 2.05) is 11.0 Å². The second kappa shape index (κ2) is 4.40. The molecule has 1 aromatic carbocycles. The summed E-state index contributed by atoms with van der Waals surface area (Å²) in [6.07, 6.45) is 7.11. The average molecular weight is 339 g/mol. The molecule has 2 unspecified atom stereocenters. The van der Waals surface area contributed by atoms with Crippen molar-refractivity contribution in [3.8, 4) is 0 Å². The Morgan fingerprint density at radius 2 is 2.12 bits per heavy atom. The first-order chi connectivity index (χ1) is 8.31. The van der Waals surface area contributed by atoms with Gasteiger partial charge >= 0.3 is 0 Å². The Balaban J connectivity index is 2.01. The second-order valence-corrected chi connectivity index (χ2v) is 6.44. The maximum absolute atomic E-state index is 4.32. The van der Waals surface area contributed by atoms with Gasteiger partial charge in [0.15, 0.2) is 0 Å². The quantitative estimate of drug-likeness (QED) is 0.621. The number of benzene rings is 1. The van der Waals surface area contributed by atoms with Crippen LogP contribution in [0.25, 0.3) is 0 Å². The molecule has 1 aliphatic carbocycles. The van der Waals surface area contributed by atoms with Crippen LogP contribution in [-0.4, -0.2) is 14.8 Å². The van der Waals surface area contributed by atoms with Gasteiger partial charge in [-0.15, -0.1) is 0 Å². The van der Waals surface area contributed by atoms with E-state index in [2.05, 4.69) is 63.0 Å². The monoisotopic (exact) mass is 339 g/mol. The zero-order chi connectivity index (χ0) is 11.7. The highest BCUT2D eigenvalue weighted by molar-refractivity contribution is 14.1. The summed E-state index contributed by atoms with van der Waals surface area (Å²) in [6, 6.07) is 11.2. The van der Waals surface area contributed by atoms with Crippen molar-refractivity contribution in [2.75, 3.05) is 0 Å². The van der Waals surface area contributed by atoms with Crippen LogP contribution in [0, 0.1) is 0 Å². The molecular weight excluding hydrogens is 325 g/mol. The molecular formula is C13H14IN3. The summed E-state index contributed by atoms with van der Waals surface area (Å²) >= 11 is 2.61. The first-order valence-electron chi connectivity index (χ1n) is 5.89. The Labute approximate surface area is 114 Å². The third-order valence-corrected chi connectivity index (χ3v) is 5.44. The first-order valence-corrected chi connectivity index (χ1v) is 6.97. The molecule has 3 rings (SSSR count). The number of nitrogens with zero attached hydrogens (tertiary/aromatic N) is 3. The molecule has 0 bridgehead atoms. The van der Waals surface area contributed by atoms with Gasteiger partial charge in [-0.2, -0.15) is 5.10 Å². The molecule has 0 radical (unpaired) electrons. The van der Waals surface area contributed by atoms with E-state index in [0.717, 1.165) is 0 Å². The van der Waals surface area contributed by atoms with Gasteiger partial charge in [0.2, 0.25) is 0 Å². The van der Waals surface area contributed by atoms with Gasteiger partial charge < -0.3 is 0 Å². The minimum atomic E-state index is 0.159. The summed E-state index contributed by atoms with van der Waals surface area (Å²) in [4.78, 5) is 4.07. The second-order valence-electron chi connectivity index (χ2n) is 4.51. The molecule has 1 saturated carbocycles. The maximum Gasteiger partial charge on any atom is 0.137 e. The predicted molar refractivity (Wildman–Crippen MR) is 75.1 cm³/mol. The van der Waals surface area contributed by atoms with Crippen LogP contribution >= 0.6 is 22.6 Å². The molecule has 1 fully saturated rings. The van der Waals surface area contributed by atoms with Gasteiger partial charge in [-0.25, -0.2) is 9.67 Å². The van der Waals surface area contributed by atoms with Crippen molar-refractivity contribution in [1.29, 1.82) is 0 Å². The fourth-order valence-electron chi connectivity index (χ4n) is 2.72. The average Bonchev–Trinajstić information content (AvgIpc) is 2.99. The molecule has 1 aromatic heterocycles. The summed E-state index contributed by atoms with van der Waals surface area (Å²) in [6.45, 7) is 0. The zero-order valence-electron chi connectivity index (χ0n) is 9.46. The first kappa shape index (κ1) is 11.2. The number of rotatable bonds is 2. The van der Waals surface area contributed by atoms with Crippen molar-refractivity contribution in [3.63, 3.8) is 0 Å². The van der Waals surface area contributed by atoms with E-state index in [4.69, 9.17) is 0 Å². The van der Waals surface area contributed by atoms with Gasteiger partial charge in [0.25, 0.3) is 0 Å². The number of hydrogen-bond donors (Lipinski definition) is 0. The summed E-state index contributed by atoms with van der Waals surface area (Å²) in [5.41, 5.74) is 1.40. The molecule has 0 amide bonds. The van der Waals surface area contributed by atoms with Crippen molar-refractivity contribution in [1.82, 2.24) is 14.8 Å². The Hall–Kier alpha value is -0.910. The largest absolute Gasteiger partial charge is 0.248 e. The topological polar surface area (TPSA) is 30.7 Å². The van der Waals surface area contributed by atoms with Gasteiger partial charge in [-0.3, -0.25) is 0 Å². The Bertz CT molecular complexity index is 483. The molecule has 0 saturated heterocycles. The van der Waals surface area contributed by atoms with Crippen LogP contribution in [-0.2, 0) is 3.42 Å². The van der Waals surface area contributed by atoms with Crippen LogP contribution in [0.2, 0.25) is 0 Å². The lowest BCUT2D eigenvalue weighted by atomic mass is 9.94. The molecule has 0 aliphatic heterocycles. The molecule has 17 heavy (non-hydrogen) atoms. The van der Waals surface area contributed by atoms with E-state index in [0.29, 0.717) is 6.04 Å². The van der Waals surface area contributed by atoms with Gasteiger partial charge in [-0.05, 0) is 24.8 Å². The van der Waals surface area contributed by atoms with Crippen LogP contribution in [0.15, 0.2) is 43.0 Å². The third-order valence-electron chi connectivity index (χ3n) is 3.56. The lowest BCUT2D eigenvalue weighted by Crippen LogP contribution is -2.26.